The molecule has 0 radical (unpaired) electrons. The highest BCUT2D eigenvalue weighted by atomic mass is 16.6. The number of carbonyl (C=O) groups is 1. The lowest BCUT2D eigenvalue weighted by Crippen LogP contribution is -2.13. The lowest BCUT2D eigenvalue weighted by atomic mass is 10.1. The third kappa shape index (κ3) is 4.42. The molecule has 0 unspecified atom stereocenters. The first-order valence-electron chi connectivity index (χ1n) is 7.42. The van der Waals surface area contributed by atoms with E-state index in [0.717, 1.165) is 24.1 Å². The molecular formula is C18H14N3O4-. The number of rotatable bonds is 5. The standard InChI is InChI=1S/C18H15N3O4/c1-2-12-3-6-15(7-4-12)20-18(23)14(11-19)9-13-5-8-17(22)16(10-13)21(24)25/h3-10,22H,2H2,1H3,(H,20,23)/p-1/b14-9+. The van der Waals surface area contributed by atoms with Gasteiger partial charge in [-0.1, -0.05) is 31.2 Å². The van der Waals surface area contributed by atoms with Crippen molar-refractivity contribution in [1.29, 1.82) is 5.26 Å². The van der Waals surface area contributed by atoms with Crippen LogP contribution in [0, 0.1) is 21.4 Å². The molecule has 0 aromatic heterocycles. The second kappa shape index (κ2) is 7.75. The zero-order chi connectivity index (χ0) is 18.4. The van der Waals surface area contributed by atoms with Gasteiger partial charge in [-0.05, 0) is 41.5 Å². The summed E-state index contributed by atoms with van der Waals surface area (Å²) in [6.07, 6.45) is 2.06. The van der Waals surface area contributed by atoms with E-state index < -0.39 is 22.3 Å². The van der Waals surface area contributed by atoms with E-state index in [9.17, 15) is 25.3 Å². The monoisotopic (exact) mass is 336 g/mol. The number of amides is 1. The number of nitro benzene ring substituents is 1. The average Bonchev–Trinajstić information content (AvgIpc) is 2.61. The highest BCUT2D eigenvalue weighted by Crippen LogP contribution is 2.25. The normalized spacial score (nSPS) is 10.8. The molecule has 0 saturated carbocycles. The van der Waals surface area contributed by atoms with Crippen LogP contribution in [0.1, 0.15) is 18.1 Å². The van der Waals surface area contributed by atoms with Crippen LogP contribution < -0.4 is 10.4 Å². The third-order valence-corrected chi connectivity index (χ3v) is 3.48. The molecular weight excluding hydrogens is 322 g/mol. The van der Waals surface area contributed by atoms with Gasteiger partial charge in [0.1, 0.15) is 11.6 Å². The zero-order valence-corrected chi connectivity index (χ0v) is 13.4. The number of aryl methyl sites for hydroxylation is 1. The molecule has 126 valence electrons. The van der Waals surface area contributed by atoms with Gasteiger partial charge in [-0.2, -0.15) is 5.26 Å². The Morgan fingerprint density at radius 2 is 1.96 bits per heavy atom. The lowest BCUT2D eigenvalue weighted by molar-refractivity contribution is -0.398. The van der Waals surface area contributed by atoms with Gasteiger partial charge in [-0.15, -0.1) is 0 Å². The lowest BCUT2D eigenvalue weighted by Gasteiger charge is -2.07. The smallest absolute Gasteiger partial charge is 0.266 e. The van der Waals surface area contributed by atoms with Gasteiger partial charge in [0.25, 0.3) is 11.6 Å². The van der Waals surface area contributed by atoms with E-state index >= 15 is 0 Å². The van der Waals surface area contributed by atoms with Gasteiger partial charge in [0.2, 0.25) is 0 Å². The molecule has 7 nitrogen and oxygen atoms in total. The maximum Gasteiger partial charge on any atom is 0.266 e. The van der Waals surface area contributed by atoms with Crippen molar-refractivity contribution in [2.24, 2.45) is 0 Å². The Bertz CT molecular complexity index is 880. The SMILES string of the molecule is CCc1ccc(NC(=O)/C(C#N)=C/c2ccc([O-])c([N+](=O)[O-])c2)cc1. The third-order valence-electron chi connectivity index (χ3n) is 3.48. The minimum atomic E-state index is -0.804. The van der Waals surface area contributed by atoms with Crippen LogP contribution in [-0.2, 0) is 11.2 Å². The van der Waals surface area contributed by atoms with E-state index in [-0.39, 0.29) is 11.1 Å². The van der Waals surface area contributed by atoms with Crippen LogP contribution >= 0.6 is 0 Å². The molecule has 0 aliphatic heterocycles. The summed E-state index contributed by atoms with van der Waals surface area (Å²) in [5.74, 6) is -1.37. The van der Waals surface area contributed by atoms with Crippen molar-refractivity contribution < 1.29 is 14.8 Å². The number of nitro groups is 1. The molecule has 0 aliphatic rings. The van der Waals surface area contributed by atoms with Gasteiger partial charge >= 0.3 is 0 Å². The minimum Gasteiger partial charge on any atom is -0.868 e. The molecule has 0 saturated heterocycles. The van der Waals surface area contributed by atoms with E-state index in [2.05, 4.69) is 5.32 Å². The first-order valence-corrected chi connectivity index (χ1v) is 7.42. The second-order valence-corrected chi connectivity index (χ2v) is 5.16. The predicted octanol–water partition coefficient (Wildman–Crippen LogP) is 2.78. The number of hydrogen-bond donors (Lipinski definition) is 1. The maximum atomic E-state index is 12.2. The zero-order valence-electron chi connectivity index (χ0n) is 13.4. The van der Waals surface area contributed by atoms with E-state index in [1.165, 1.54) is 12.1 Å². The van der Waals surface area contributed by atoms with Crippen molar-refractivity contribution in [2.45, 2.75) is 13.3 Å². The van der Waals surface area contributed by atoms with Crippen LogP contribution in [0.4, 0.5) is 11.4 Å². The first kappa shape index (κ1) is 17.7. The predicted molar refractivity (Wildman–Crippen MR) is 90.6 cm³/mol. The van der Waals surface area contributed by atoms with Gasteiger partial charge in [-0.25, -0.2) is 0 Å². The van der Waals surface area contributed by atoms with Crippen molar-refractivity contribution in [2.75, 3.05) is 5.32 Å². The molecule has 0 bridgehead atoms. The fourth-order valence-electron chi connectivity index (χ4n) is 2.10. The first-order chi connectivity index (χ1) is 11.9. The summed E-state index contributed by atoms with van der Waals surface area (Å²) in [6.45, 7) is 2.01. The topological polar surface area (TPSA) is 119 Å². The summed E-state index contributed by atoms with van der Waals surface area (Å²) in [5.41, 5.74) is 1.02. The van der Waals surface area contributed by atoms with Crippen LogP contribution in [0.25, 0.3) is 6.08 Å². The molecule has 0 fully saturated rings. The van der Waals surface area contributed by atoms with Crippen molar-refractivity contribution in [3.63, 3.8) is 0 Å². The fourth-order valence-corrected chi connectivity index (χ4v) is 2.10. The average molecular weight is 336 g/mol. The van der Waals surface area contributed by atoms with Crippen LogP contribution in [0.5, 0.6) is 5.75 Å². The summed E-state index contributed by atoms with van der Waals surface area (Å²) >= 11 is 0. The molecule has 2 aromatic rings. The molecule has 0 atom stereocenters. The molecule has 0 spiro atoms. The van der Waals surface area contributed by atoms with E-state index in [1.54, 1.807) is 18.2 Å². The van der Waals surface area contributed by atoms with E-state index in [0.29, 0.717) is 5.69 Å². The van der Waals surface area contributed by atoms with Gasteiger partial charge in [0.05, 0.1) is 4.92 Å². The second-order valence-electron chi connectivity index (χ2n) is 5.16. The number of hydrogen-bond acceptors (Lipinski definition) is 5. The van der Waals surface area contributed by atoms with E-state index in [4.69, 9.17) is 0 Å². The number of benzene rings is 2. The van der Waals surface area contributed by atoms with Gasteiger partial charge in [0, 0.05) is 11.8 Å². The van der Waals surface area contributed by atoms with Crippen molar-refractivity contribution in [3.8, 4) is 11.8 Å². The number of nitriles is 1. The number of carbonyl (C=O) groups excluding carboxylic acids is 1. The largest absolute Gasteiger partial charge is 0.868 e. The molecule has 1 amide bonds. The van der Waals surface area contributed by atoms with E-state index in [1.807, 2.05) is 19.1 Å². The molecule has 2 rings (SSSR count). The number of nitrogens with one attached hydrogen (secondary N) is 1. The fraction of sp³-hybridized carbons (Fsp3) is 0.111. The molecule has 2 aromatic carbocycles. The Morgan fingerprint density at radius 1 is 1.28 bits per heavy atom. The van der Waals surface area contributed by atoms with Crippen molar-refractivity contribution in [3.05, 3.63) is 69.3 Å². The highest BCUT2D eigenvalue weighted by molar-refractivity contribution is 6.09. The summed E-state index contributed by atoms with van der Waals surface area (Å²) < 4.78 is 0. The number of nitrogens with zero attached hydrogens (tertiary/aromatic N) is 2. The molecule has 0 heterocycles. The Kier molecular flexibility index (Phi) is 5.48. The van der Waals surface area contributed by atoms with Crippen LogP contribution in [-0.4, -0.2) is 10.8 Å². The highest BCUT2D eigenvalue weighted by Gasteiger charge is 2.12. The number of anilines is 1. The minimum absolute atomic E-state index is 0.222. The maximum absolute atomic E-state index is 12.2. The molecule has 25 heavy (non-hydrogen) atoms. The van der Waals surface area contributed by atoms with Crippen LogP contribution in [0.15, 0.2) is 48.0 Å². The van der Waals surface area contributed by atoms with Crippen molar-refractivity contribution >= 4 is 23.4 Å². The Labute approximate surface area is 144 Å². The van der Waals surface area contributed by atoms with Gasteiger partial charge < -0.3 is 10.4 Å². The van der Waals surface area contributed by atoms with Gasteiger partial charge in [-0.3, -0.25) is 14.9 Å². The van der Waals surface area contributed by atoms with Crippen LogP contribution in [0.3, 0.4) is 0 Å². The molecule has 0 aliphatic carbocycles. The Morgan fingerprint density at radius 3 is 2.52 bits per heavy atom. The summed E-state index contributed by atoms with van der Waals surface area (Å²) in [6, 6.07) is 12.3. The quantitative estimate of drug-likeness (QED) is 0.390. The molecule has 1 N–H and O–H groups in total. The summed E-state index contributed by atoms with van der Waals surface area (Å²) in [7, 11) is 0. The summed E-state index contributed by atoms with van der Waals surface area (Å²) in [4.78, 5) is 22.2. The Hall–Kier alpha value is -3.66. The van der Waals surface area contributed by atoms with Crippen molar-refractivity contribution in [1.82, 2.24) is 0 Å². The van der Waals surface area contributed by atoms with Crippen LogP contribution in [0.2, 0.25) is 0 Å². The summed E-state index contributed by atoms with van der Waals surface area (Å²) in [5, 5.41) is 34.0. The Balaban J connectivity index is 2.24. The van der Waals surface area contributed by atoms with Gasteiger partial charge in [0.15, 0.2) is 0 Å². The molecule has 7 heteroatoms.